The fourth-order valence-electron chi connectivity index (χ4n) is 2.78. The third-order valence-corrected chi connectivity index (χ3v) is 4.56. The van der Waals surface area contributed by atoms with Crippen LogP contribution in [0.5, 0.6) is 0 Å². The monoisotopic (exact) mass is 369 g/mol. The van der Waals surface area contributed by atoms with Crippen molar-refractivity contribution in [2.45, 2.75) is 40.2 Å². The van der Waals surface area contributed by atoms with E-state index in [1.54, 1.807) is 10.8 Å². The minimum atomic E-state index is -0.562. The van der Waals surface area contributed by atoms with Crippen LogP contribution in [-0.2, 0) is 27.8 Å². The summed E-state index contributed by atoms with van der Waals surface area (Å²) in [4.78, 5) is 23.9. The van der Waals surface area contributed by atoms with E-state index in [0.29, 0.717) is 0 Å². The first kappa shape index (κ1) is 20.4. The number of aryl methyl sites for hydroxylation is 3. The molecule has 1 aromatic heterocycles. The van der Waals surface area contributed by atoms with E-state index in [4.69, 9.17) is 4.74 Å². The van der Waals surface area contributed by atoms with Crippen LogP contribution in [0.15, 0.2) is 30.3 Å². The fraction of sp³-hybridized carbons (Fsp3) is 0.381. The molecular weight excluding hydrogens is 342 g/mol. The highest BCUT2D eigenvalue weighted by atomic mass is 16.5. The standard InChI is InChI=1S/C21H27N3O3/c1-6-17-7-9-18(10-8-17)14(2)22-20(25)13-27-21(26)12-11-19-15(3)23-24(5)16(19)4/h7-12,14H,6,13H2,1-5H3,(H,22,25)/b12-11+/t14-/m1/s1. The lowest BCUT2D eigenvalue weighted by molar-refractivity contribution is -0.144. The molecule has 0 aliphatic carbocycles. The van der Waals surface area contributed by atoms with E-state index >= 15 is 0 Å². The summed E-state index contributed by atoms with van der Waals surface area (Å²) in [5.41, 5.74) is 4.92. The van der Waals surface area contributed by atoms with Gasteiger partial charge in [-0.15, -0.1) is 0 Å². The predicted octanol–water partition coefficient (Wildman–Crippen LogP) is 3.03. The number of hydrogen-bond donors (Lipinski definition) is 1. The zero-order chi connectivity index (χ0) is 20.0. The number of esters is 1. The molecule has 0 saturated heterocycles. The molecule has 0 radical (unpaired) electrons. The Morgan fingerprint density at radius 2 is 1.93 bits per heavy atom. The molecule has 0 bridgehead atoms. The van der Waals surface area contributed by atoms with Crippen molar-refractivity contribution < 1.29 is 14.3 Å². The molecule has 2 aromatic rings. The summed E-state index contributed by atoms with van der Waals surface area (Å²) < 4.78 is 6.77. The van der Waals surface area contributed by atoms with E-state index in [9.17, 15) is 9.59 Å². The zero-order valence-electron chi connectivity index (χ0n) is 16.6. The maximum Gasteiger partial charge on any atom is 0.331 e. The number of aromatic nitrogens is 2. The van der Waals surface area contributed by atoms with Gasteiger partial charge in [0.2, 0.25) is 0 Å². The Labute approximate surface area is 160 Å². The summed E-state index contributed by atoms with van der Waals surface area (Å²) in [6, 6.07) is 7.93. The summed E-state index contributed by atoms with van der Waals surface area (Å²) in [6.07, 6.45) is 3.95. The van der Waals surface area contributed by atoms with Gasteiger partial charge in [0.15, 0.2) is 6.61 Å². The topological polar surface area (TPSA) is 73.2 Å². The van der Waals surface area contributed by atoms with Gasteiger partial charge in [0.25, 0.3) is 5.91 Å². The Kier molecular flexibility index (Phi) is 6.93. The van der Waals surface area contributed by atoms with Crippen LogP contribution in [0.1, 0.15) is 48.0 Å². The number of ether oxygens (including phenoxy) is 1. The number of nitrogens with one attached hydrogen (secondary N) is 1. The van der Waals surface area contributed by atoms with Crippen molar-refractivity contribution in [3.8, 4) is 0 Å². The van der Waals surface area contributed by atoms with Crippen LogP contribution in [0, 0.1) is 13.8 Å². The summed E-state index contributed by atoms with van der Waals surface area (Å²) in [6.45, 7) is 7.48. The van der Waals surface area contributed by atoms with Crippen LogP contribution < -0.4 is 5.32 Å². The van der Waals surface area contributed by atoms with E-state index in [1.165, 1.54) is 11.6 Å². The summed E-state index contributed by atoms with van der Waals surface area (Å²) in [7, 11) is 1.85. The lowest BCUT2D eigenvalue weighted by Gasteiger charge is -2.14. The summed E-state index contributed by atoms with van der Waals surface area (Å²) in [5.74, 6) is -0.898. The molecule has 0 unspecified atom stereocenters. The van der Waals surface area contributed by atoms with E-state index in [2.05, 4.69) is 17.3 Å². The van der Waals surface area contributed by atoms with E-state index in [1.807, 2.05) is 52.1 Å². The van der Waals surface area contributed by atoms with Crippen LogP contribution in [0.4, 0.5) is 0 Å². The number of rotatable bonds is 7. The first-order valence-corrected chi connectivity index (χ1v) is 9.05. The highest BCUT2D eigenvalue weighted by Crippen LogP contribution is 2.14. The van der Waals surface area contributed by atoms with Crippen molar-refractivity contribution in [3.05, 3.63) is 58.4 Å². The smallest absolute Gasteiger partial charge is 0.331 e. The third-order valence-electron chi connectivity index (χ3n) is 4.56. The van der Waals surface area contributed by atoms with Crippen LogP contribution in [0.3, 0.4) is 0 Å². The van der Waals surface area contributed by atoms with Gasteiger partial charge in [-0.05, 0) is 44.4 Å². The van der Waals surface area contributed by atoms with Gasteiger partial charge in [-0.2, -0.15) is 5.10 Å². The summed E-state index contributed by atoms with van der Waals surface area (Å²) >= 11 is 0. The first-order valence-electron chi connectivity index (χ1n) is 9.05. The highest BCUT2D eigenvalue weighted by molar-refractivity contribution is 5.89. The molecule has 6 nitrogen and oxygen atoms in total. The van der Waals surface area contributed by atoms with E-state index in [0.717, 1.165) is 28.9 Å². The number of amides is 1. The molecule has 0 saturated carbocycles. The fourth-order valence-corrected chi connectivity index (χ4v) is 2.78. The highest BCUT2D eigenvalue weighted by Gasteiger charge is 2.12. The second kappa shape index (κ2) is 9.16. The number of carbonyl (C=O) groups is 2. The first-order chi connectivity index (χ1) is 12.8. The van der Waals surface area contributed by atoms with Gasteiger partial charge in [-0.3, -0.25) is 9.48 Å². The molecular formula is C21H27N3O3. The van der Waals surface area contributed by atoms with Gasteiger partial charge in [0.1, 0.15) is 0 Å². The zero-order valence-corrected chi connectivity index (χ0v) is 16.6. The largest absolute Gasteiger partial charge is 0.452 e. The van der Waals surface area contributed by atoms with Crippen molar-refractivity contribution in [3.63, 3.8) is 0 Å². The van der Waals surface area contributed by atoms with E-state index in [-0.39, 0.29) is 18.6 Å². The number of hydrogen-bond acceptors (Lipinski definition) is 4. The van der Waals surface area contributed by atoms with Crippen LogP contribution in [0.25, 0.3) is 6.08 Å². The Balaban J connectivity index is 1.83. The average molecular weight is 369 g/mol. The van der Waals surface area contributed by atoms with Crippen molar-refractivity contribution in [1.82, 2.24) is 15.1 Å². The molecule has 1 atom stereocenters. The molecule has 144 valence electrons. The molecule has 0 fully saturated rings. The third kappa shape index (κ3) is 5.54. The van der Waals surface area contributed by atoms with Crippen LogP contribution >= 0.6 is 0 Å². The van der Waals surface area contributed by atoms with Crippen molar-refractivity contribution in [2.75, 3.05) is 6.61 Å². The second-order valence-electron chi connectivity index (χ2n) is 6.53. The molecule has 0 spiro atoms. The van der Waals surface area contributed by atoms with Crippen LogP contribution in [-0.4, -0.2) is 28.3 Å². The average Bonchev–Trinajstić information content (AvgIpc) is 2.90. The van der Waals surface area contributed by atoms with Gasteiger partial charge >= 0.3 is 5.97 Å². The lowest BCUT2D eigenvalue weighted by Crippen LogP contribution is -2.30. The Morgan fingerprint density at radius 1 is 1.26 bits per heavy atom. The van der Waals surface area contributed by atoms with Crippen molar-refractivity contribution >= 4 is 18.0 Å². The maximum absolute atomic E-state index is 12.0. The Hall–Kier alpha value is -2.89. The second-order valence-corrected chi connectivity index (χ2v) is 6.53. The maximum atomic E-state index is 12.0. The minimum Gasteiger partial charge on any atom is -0.452 e. The normalized spacial score (nSPS) is 12.2. The molecule has 1 amide bonds. The molecule has 2 rings (SSSR count). The SMILES string of the molecule is CCc1ccc([C@@H](C)NC(=O)COC(=O)/C=C/c2c(C)nn(C)c2C)cc1. The van der Waals surface area contributed by atoms with Crippen LogP contribution in [0.2, 0.25) is 0 Å². The molecule has 6 heteroatoms. The molecule has 0 aliphatic rings. The molecule has 1 N–H and O–H groups in total. The number of benzene rings is 1. The molecule has 27 heavy (non-hydrogen) atoms. The Bertz CT molecular complexity index is 835. The molecule has 0 aliphatic heterocycles. The van der Waals surface area contributed by atoms with Gasteiger partial charge in [0, 0.05) is 24.4 Å². The number of carbonyl (C=O) groups excluding carboxylic acids is 2. The van der Waals surface area contributed by atoms with Gasteiger partial charge in [-0.1, -0.05) is 31.2 Å². The predicted molar refractivity (Wildman–Crippen MR) is 105 cm³/mol. The van der Waals surface area contributed by atoms with Gasteiger partial charge in [0.05, 0.1) is 11.7 Å². The molecule has 1 aromatic carbocycles. The van der Waals surface area contributed by atoms with E-state index < -0.39 is 5.97 Å². The quantitative estimate of drug-likeness (QED) is 0.601. The number of nitrogens with zero attached hydrogens (tertiary/aromatic N) is 2. The molecule has 1 heterocycles. The van der Waals surface area contributed by atoms with Gasteiger partial charge < -0.3 is 10.1 Å². The lowest BCUT2D eigenvalue weighted by atomic mass is 10.1. The van der Waals surface area contributed by atoms with Crippen molar-refractivity contribution in [2.24, 2.45) is 7.05 Å². The minimum absolute atomic E-state index is 0.154. The summed E-state index contributed by atoms with van der Waals surface area (Å²) in [5, 5.41) is 7.11. The Morgan fingerprint density at radius 3 is 2.48 bits per heavy atom. The van der Waals surface area contributed by atoms with Crippen molar-refractivity contribution in [1.29, 1.82) is 0 Å². The van der Waals surface area contributed by atoms with Gasteiger partial charge in [-0.25, -0.2) is 4.79 Å².